The summed E-state index contributed by atoms with van der Waals surface area (Å²) in [6, 6.07) is 5.55. The molecule has 1 fully saturated rings. The number of nitrogens with two attached hydrogens (primary N) is 1. The lowest BCUT2D eigenvalue weighted by Gasteiger charge is -2.28. The van der Waals surface area contributed by atoms with Crippen LogP contribution in [0.2, 0.25) is 5.02 Å². The predicted molar refractivity (Wildman–Crippen MR) is 81.4 cm³/mol. The monoisotopic (exact) mass is 299 g/mol. The quantitative estimate of drug-likeness (QED) is 0.926. The molecule has 20 heavy (non-hydrogen) atoms. The maximum Gasteiger partial charge on any atom is 0.142 e. The van der Waals surface area contributed by atoms with Crippen LogP contribution in [0.25, 0.3) is 0 Å². The third-order valence-electron chi connectivity index (χ3n) is 4.26. The Kier molecular flexibility index (Phi) is 5.02. The predicted octanol–water partition coefficient (Wildman–Crippen LogP) is 2.36. The molecule has 1 aliphatic heterocycles. The van der Waals surface area contributed by atoms with Crippen LogP contribution in [0.15, 0.2) is 18.2 Å². The van der Waals surface area contributed by atoms with E-state index < -0.39 is 0 Å². The van der Waals surface area contributed by atoms with E-state index in [2.05, 4.69) is 30.8 Å². The van der Waals surface area contributed by atoms with Crippen LogP contribution >= 0.6 is 11.6 Å². The van der Waals surface area contributed by atoms with Crippen LogP contribution in [0, 0.1) is 11.7 Å². The Morgan fingerprint density at radius 3 is 2.65 bits per heavy atom. The van der Waals surface area contributed by atoms with Crippen LogP contribution in [0.1, 0.15) is 18.5 Å². The molecule has 1 heterocycles. The number of nitrogens with zero attached hydrogens (tertiary/aromatic N) is 2. The molecule has 1 aliphatic rings. The van der Waals surface area contributed by atoms with Crippen molar-refractivity contribution < 1.29 is 4.39 Å². The molecule has 2 N–H and O–H groups in total. The maximum absolute atomic E-state index is 13.6. The van der Waals surface area contributed by atoms with E-state index in [0.29, 0.717) is 18.5 Å². The number of rotatable bonds is 4. The summed E-state index contributed by atoms with van der Waals surface area (Å²) in [6.45, 7) is 4.67. The molecule has 0 spiro atoms. The summed E-state index contributed by atoms with van der Waals surface area (Å²) in [4.78, 5) is 4.60. The normalized spacial score (nSPS) is 25.4. The van der Waals surface area contributed by atoms with Gasteiger partial charge in [0.25, 0.3) is 0 Å². The van der Waals surface area contributed by atoms with Gasteiger partial charge in [0.15, 0.2) is 0 Å². The standard InChI is InChI=1S/C15H23ClFN3/c1-10-8-20(9-15(10)19(2)3)14(7-18)11-4-5-12(16)13(17)6-11/h4-6,10,14-15H,7-9,18H2,1-3H3. The van der Waals surface area contributed by atoms with E-state index in [1.165, 1.54) is 6.07 Å². The third-order valence-corrected chi connectivity index (χ3v) is 4.56. The van der Waals surface area contributed by atoms with E-state index >= 15 is 0 Å². The fourth-order valence-corrected chi connectivity index (χ4v) is 3.25. The molecule has 0 bridgehead atoms. The van der Waals surface area contributed by atoms with Crippen molar-refractivity contribution in [3.8, 4) is 0 Å². The second-order valence-corrected chi connectivity index (χ2v) is 6.29. The van der Waals surface area contributed by atoms with E-state index in [1.54, 1.807) is 6.07 Å². The zero-order chi connectivity index (χ0) is 14.9. The highest BCUT2D eigenvalue weighted by molar-refractivity contribution is 6.30. The zero-order valence-corrected chi connectivity index (χ0v) is 13.1. The van der Waals surface area contributed by atoms with Crippen LogP contribution in [0.4, 0.5) is 4.39 Å². The first-order chi connectivity index (χ1) is 9.43. The van der Waals surface area contributed by atoms with Crippen molar-refractivity contribution in [1.82, 2.24) is 9.80 Å². The Bertz CT molecular complexity index is 466. The van der Waals surface area contributed by atoms with Gasteiger partial charge in [0.1, 0.15) is 5.82 Å². The number of halogens is 2. The SMILES string of the molecule is CC1CN(C(CN)c2ccc(Cl)c(F)c2)CC1N(C)C. The lowest BCUT2D eigenvalue weighted by Crippen LogP contribution is -2.36. The molecule has 5 heteroatoms. The van der Waals surface area contributed by atoms with Crippen molar-refractivity contribution in [2.75, 3.05) is 33.7 Å². The third kappa shape index (κ3) is 3.14. The van der Waals surface area contributed by atoms with Gasteiger partial charge >= 0.3 is 0 Å². The minimum atomic E-state index is -0.376. The summed E-state index contributed by atoms with van der Waals surface area (Å²) in [5, 5.41) is 0.158. The summed E-state index contributed by atoms with van der Waals surface area (Å²) in [7, 11) is 4.20. The van der Waals surface area contributed by atoms with Gasteiger partial charge in [0.2, 0.25) is 0 Å². The summed E-state index contributed by atoms with van der Waals surface area (Å²) in [5.41, 5.74) is 6.83. The minimum Gasteiger partial charge on any atom is -0.329 e. The van der Waals surface area contributed by atoms with Crippen molar-refractivity contribution in [2.24, 2.45) is 11.7 Å². The van der Waals surface area contributed by atoms with Gasteiger partial charge in [-0.15, -0.1) is 0 Å². The summed E-state index contributed by atoms with van der Waals surface area (Å²) in [5.74, 6) is 0.204. The molecule has 112 valence electrons. The van der Waals surface area contributed by atoms with Gasteiger partial charge in [0, 0.05) is 31.7 Å². The van der Waals surface area contributed by atoms with Crippen LogP contribution in [-0.4, -0.2) is 49.6 Å². The zero-order valence-electron chi connectivity index (χ0n) is 12.3. The first-order valence-electron chi connectivity index (χ1n) is 6.99. The van der Waals surface area contributed by atoms with Gasteiger partial charge in [-0.1, -0.05) is 24.6 Å². The molecule has 0 amide bonds. The van der Waals surface area contributed by atoms with Gasteiger partial charge in [-0.2, -0.15) is 0 Å². The molecule has 1 saturated heterocycles. The smallest absolute Gasteiger partial charge is 0.142 e. The lowest BCUT2D eigenvalue weighted by atomic mass is 10.1. The summed E-state index contributed by atoms with van der Waals surface area (Å²) in [6.07, 6.45) is 0. The number of likely N-dealkylation sites (N-methyl/N-ethyl adjacent to an activating group) is 1. The van der Waals surface area contributed by atoms with E-state index in [1.807, 2.05) is 6.07 Å². The molecule has 3 unspecified atom stereocenters. The van der Waals surface area contributed by atoms with Crippen LogP contribution in [0.3, 0.4) is 0 Å². The Balaban J connectivity index is 2.18. The molecular weight excluding hydrogens is 277 g/mol. The molecule has 0 aromatic heterocycles. The molecule has 3 nitrogen and oxygen atoms in total. The molecule has 2 rings (SSSR count). The Morgan fingerprint density at radius 1 is 1.45 bits per heavy atom. The van der Waals surface area contributed by atoms with Gasteiger partial charge in [-0.25, -0.2) is 4.39 Å². The Morgan fingerprint density at radius 2 is 2.15 bits per heavy atom. The van der Waals surface area contributed by atoms with Crippen LogP contribution in [-0.2, 0) is 0 Å². The van der Waals surface area contributed by atoms with E-state index in [4.69, 9.17) is 17.3 Å². The average Bonchev–Trinajstić information content (AvgIpc) is 2.77. The molecular formula is C15H23ClFN3. The van der Waals surface area contributed by atoms with E-state index in [0.717, 1.165) is 18.7 Å². The second kappa shape index (κ2) is 6.39. The molecule has 0 saturated carbocycles. The maximum atomic E-state index is 13.6. The van der Waals surface area contributed by atoms with Crippen molar-refractivity contribution in [1.29, 1.82) is 0 Å². The second-order valence-electron chi connectivity index (χ2n) is 5.89. The van der Waals surface area contributed by atoms with Crippen molar-refractivity contribution in [2.45, 2.75) is 19.0 Å². The van der Waals surface area contributed by atoms with Crippen molar-refractivity contribution in [3.05, 3.63) is 34.6 Å². The molecule has 3 atom stereocenters. The number of hydrogen-bond donors (Lipinski definition) is 1. The summed E-state index contributed by atoms with van der Waals surface area (Å²) < 4.78 is 13.6. The Hall–Kier alpha value is -0.680. The first kappa shape index (κ1) is 15.7. The fourth-order valence-electron chi connectivity index (χ4n) is 3.13. The molecule has 1 aromatic rings. The first-order valence-corrected chi connectivity index (χ1v) is 7.37. The van der Waals surface area contributed by atoms with Crippen molar-refractivity contribution in [3.63, 3.8) is 0 Å². The summed E-state index contributed by atoms with van der Waals surface area (Å²) >= 11 is 5.75. The van der Waals surface area contributed by atoms with E-state index in [9.17, 15) is 4.39 Å². The number of benzene rings is 1. The molecule has 0 aliphatic carbocycles. The number of likely N-dealkylation sites (tertiary alicyclic amines) is 1. The highest BCUT2D eigenvalue weighted by atomic mass is 35.5. The van der Waals surface area contributed by atoms with Gasteiger partial charge in [-0.3, -0.25) is 4.90 Å². The van der Waals surface area contributed by atoms with Gasteiger partial charge < -0.3 is 10.6 Å². The molecule has 1 aromatic carbocycles. The topological polar surface area (TPSA) is 32.5 Å². The van der Waals surface area contributed by atoms with Gasteiger partial charge in [0.05, 0.1) is 5.02 Å². The fraction of sp³-hybridized carbons (Fsp3) is 0.600. The highest BCUT2D eigenvalue weighted by Crippen LogP contribution is 2.30. The Labute approximate surface area is 125 Å². The highest BCUT2D eigenvalue weighted by Gasteiger charge is 2.34. The van der Waals surface area contributed by atoms with Crippen LogP contribution in [0.5, 0.6) is 0 Å². The number of hydrogen-bond acceptors (Lipinski definition) is 3. The molecule has 0 radical (unpaired) electrons. The van der Waals surface area contributed by atoms with Gasteiger partial charge in [-0.05, 0) is 37.7 Å². The van der Waals surface area contributed by atoms with E-state index in [-0.39, 0.29) is 16.9 Å². The lowest BCUT2D eigenvalue weighted by molar-refractivity contribution is 0.219. The van der Waals surface area contributed by atoms with Crippen LogP contribution < -0.4 is 5.73 Å². The average molecular weight is 300 g/mol. The minimum absolute atomic E-state index is 0.0502. The largest absolute Gasteiger partial charge is 0.329 e. The van der Waals surface area contributed by atoms with Crippen molar-refractivity contribution >= 4 is 11.6 Å².